The first kappa shape index (κ1) is 12.1. The van der Waals surface area contributed by atoms with Gasteiger partial charge in [0.15, 0.2) is 5.82 Å². The van der Waals surface area contributed by atoms with Crippen LogP contribution in [0.25, 0.3) is 0 Å². The second kappa shape index (κ2) is 5.77. The summed E-state index contributed by atoms with van der Waals surface area (Å²) in [5, 5.41) is 27.9. The smallest absolute Gasteiger partial charge is 0.320 e. The van der Waals surface area contributed by atoms with Crippen LogP contribution in [0.5, 0.6) is 0 Å². The zero-order chi connectivity index (χ0) is 12.0. The molecule has 0 aromatic carbocycles. The second-order valence-electron chi connectivity index (χ2n) is 3.21. The Morgan fingerprint density at radius 1 is 1.69 bits per heavy atom. The molecular formula is C8H12N6O2. The summed E-state index contributed by atoms with van der Waals surface area (Å²) in [5.41, 5.74) is 5.35. The summed E-state index contributed by atoms with van der Waals surface area (Å²) in [7, 11) is 0. The maximum absolute atomic E-state index is 10.5. The van der Waals surface area contributed by atoms with Gasteiger partial charge in [-0.15, -0.1) is 5.10 Å². The van der Waals surface area contributed by atoms with E-state index >= 15 is 0 Å². The molecule has 1 heterocycles. The average molecular weight is 224 g/mol. The molecule has 0 aliphatic carbocycles. The molecule has 1 aromatic heterocycles. The van der Waals surface area contributed by atoms with Crippen molar-refractivity contribution in [1.29, 1.82) is 5.26 Å². The number of rotatable bonds is 6. The number of hydrogen-bond donors (Lipinski definition) is 2. The van der Waals surface area contributed by atoms with Crippen LogP contribution in [0.2, 0.25) is 0 Å². The summed E-state index contributed by atoms with van der Waals surface area (Å²) in [6.45, 7) is 0.404. The lowest BCUT2D eigenvalue weighted by molar-refractivity contribution is -0.138. The summed E-state index contributed by atoms with van der Waals surface area (Å²) in [5.74, 6) is -0.497. The van der Waals surface area contributed by atoms with Crippen LogP contribution in [-0.2, 0) is 17.8 Å². The van der Waals surface area contributed by atoms with E-state index < -0.39 is 12.0 Å². The highest BCUT2D eigenvalue weighted by molar-refractivity contribution is 5.72. The quantitative estimate of drug-likeness (QED) is 0.628. The van der Waals surface area contributed by atoms with E-state index in [0.717, 1.165) is 0 Å². The summed E-state index contributed by atoms with van der Waals surface area (Å²) < 4.78 is 1.48. The summed E-state index contributed by atoms with van der Waals surface area (Å²) >= 11 is 0. The Labute approximate surface area is 91.7 Å². The molecule has 0 fully saturated rings. The van der Waals surface area contributed by atoms with Gasteiger partial charge < -0.3 is 10.8 Å². The Kier molecular flexibility index (Phi) is 4.35. The fourth-order valence-corrected chi connectivity index (χ4v) is 1.14. The Morgan fingerprint density at radius 3 is 3.06 bits per heavy atom. The van der Waals surface area contributed by atoms with Crippen molar-refractivity contribution in [3.05, 3.63) is 5.82 Å². The molecule has 1 aromatic rings. The molecule has 8 nitrogen and oxygen atoms in total. The number of carbonyl (C=O) groups is 1. The fraction of sp³-hybridized carbons (Fsp3) is 0.625. The van der Waals surface area contributed by atoms with Crippen molar-refractivity contribution in [3.63, 3.8) is 0 Å². The molecule has 16 heavy (non-hydrogen) atoms. The zero-order valence-electron chi connectivity index (χ0n) is 8.57. The van der Waals surface area contributed by atoms with Crippen LogP contribution in [0.3, 0.4) is 0 Å². The van der Waals surface area contributed by atoms with Gasteiger partial charge in [-0.3, -0.25) is 4.79 Å². The molecule has 3 N–H and O–H groups in total. The zero-order valence-corrected chi connectivity index (χ0v) is 8.57. The number of tetrazole rings is 1. The van der Waals surface area contributed by atoms with Gasteiger partial charge in [-0.25, -0.2) is 4.68 Å². The molecule has 86 valence electrons. The highest BCUT2D eigenvalue weighted by atomic mass is 16.4. The van der Waals surface area contributed by atoms with Gasteiger partial charge in [0.2, 0.25) is 0 Å². The first-order valence-electron chi connectivity index (χ1n) is 4.75. The SMILES string of the molecule is N#CCCn1nnnc1CC[C@H](N)C(=O)O. The van der Waals surface area contributed by atoms with Gasteiger partial charge in [0.05, 0.1) is 19.0 Å². The molecule has 0 spiro atoms. The minimum Gasteiger partial charge on any atom is -0.480 e. The van der Waals surface area contributed by atoms with Gasteiger partial charge in [0.25, 0.3) is 0 Å². The van der Waals surface area contributed by atoms with Crippen molar-refractivity contribution < 1.29 is 9.90 Å². The molecule has 1 atom stereocenters. The van der Waals surface area contributed by atoms with Crippen LogP contribution < -0.4 is 5.73 Å². The van der Waals surface area contributed by atoms with Crippen molar-refractivity contribution in [2.24, 2.45) is 5.73 Å². The molecule has 0 unspecified atom stereocenters. The second-order valence-corrected chi connectivity index (χ2v) is 3.21. The third-order valence-corrected chi connectivity index (χ3v) is 2.04. The Hall–Kier alpha value is -2.01. The number of nitrogens with two attached hydrogens (primary N) is 1. The van der Waals surface area contributed by atoms with Crippen molar-refractivity contribution in [2.45, 2.75) is 31.8 Å². The highest BCUT2D eigenvalue weighted by Crippen LogP contribution is 2.01. The maximum atomic E-state index is 10.5. The lowest BCUT2D eigenvalue weighted by Gasteiger charge is -2.05. The maximum Gasteiger partial charge on any atom is 0.320 e. The number of aryl methyl sites for hydroxylation is 2. The van der Waals surface area contributed by atoms with Gasteiger partial charge in [0, 0.05) is 6.42 Å². The van der Waals surface area contributed by atoms with Crippen LogP contribution in [0.1, 0.15) is 18.7 Å². The number of carboxylic acid groups (broad SMARTS) is 1. The number of nitrogens with zero attached hydrogens (tertiary/aromatic N) is 5. The fourth-order valence-electron chi connectivity index (χ4n) is 1.14. The molecule has 0 aliphatic rings. The van der Waals surface area contributed by atoms with Gasteiger partial charge in [-0.1, -0.05) is 0 Å². The van der Waals surface area contributed by atoms with Crippen molar-refractivity contribution in [3.8, 4) is 6.07 Å². The Bertz CT molecular complexity index is 395. The van der Waals surface area contributed by atoms with Crippen LogP contribution in [0.4, 0.5) is 0 Å². The topological polar surface area (TPSA) is 131 Å². The molecule has 0 radical (unpaired) electrons. The van der Waals surface area contributed by atoms with Gasteiger partial charge in [0.1, 0.15) is 6.04 Å². The van der Waals surface area contributed by atoms with Crippen LogP contribution >= 0.6 is 0 Å². The van der Waals surface area contributed by atoms with E-state index in [1.165, 1.54) is 4.68 Å². The van der Waals surface area contributed by atoms with E-state index in [9.17, 15) is 4.79 Å². The van der Waals surface area contributed by atoms with Gasteiger partial charge >= 0.3 is 5.97 Å². The summed E-state index contributed by atoms with van der Waals surface area (Å²) in [6, 6.07) is 1.07. The van der Waals surface area contributed by atoms with E-state index in [2.05, 4.69) is 15.5 Å². The predicted molar refractivity (Wildman–Crippen MR) is 52.0 cm³/mol. The number of aromatic nitrogens is 4. The normalized spacial score (nSPS) is 12.0. The molecular weight excluding hydrogens is 212 g/mol. The van der Waals surface area contributed by atoms with Gasteiger partial charge in [-0.2, -0.15) is 5.26 Å². The van der Waals surface area contributed by atoms with Gasteiger partial charge in [-0.05, 0) is 16.8 Å². The van der Waals surface area contributed by atoms with Crippen LogP contribution in [0.15, 0.2) is 0 Å². The van der Waals surface area contributed by atoms with E-state index in [1.54, 1.807) is 0 Å². The van der Waals surface area contributed by atoms with Crippen molar-refractivity contribution >= 4 is 5.97 Å². The molecule has 1 rings (SSSR count). The monoisotopic (exact) mass is 224 g/mol. The van der Waals surface area contributed by atoms with E-state index in [4.69, 9.17) is 16.1 Å². The lowest BCUT2D eigenvalue weighted by atomic mass is 10.1. The third kappa shape index (κ3) is 3.29. The molecule has 8 heteroatoms. The highest BCUT2D eigenvalue weighted by Gasteiger charge is 2.13. The molecule has 0 bridgehead atoms. The van der Waals surface area contributed by atoms with Crippen molar-refractivity contribution in [2.75, 3.05) is 0 Å². The summed E-state index contributed by atoms with van der Waals surface area (Å²) in [4.78, 5) is 10.5. The number of nitriles is 1. The molecule has 0 saturated heterocycles. The van der Waals surface area contributed by atoms with Crippen LogP contribution in [0, 0.1) is 11.3 Å². The minimum absolute atomic E-state index is 0.266. The largest absolute Gasteiger partial charge is 0.480 e. The Balaban J connectivity index is 2.51. The van der Waals surface area contributed by atoms with E-state index in [-0.39, 0.29) is 6.42 Å². The lowest BCUT2D eigenvalue weighted by Crippen LogP contribution is -2.30. The number of carboxylic acids is 1. The minimum atomic E-state index is -1.05. The summed E-state index contributed by atoms with van der Waals surface area (Å²) in [6.07, 6.45) is 0.956. The molecule has 0 aliphatic heterocycles. The van der Waals surface area contributed by atoms with E-state index in [0.29, 0.717) is 25.2 Å². The first-order valence-corrected chi connectivity index (χ1v) is 4.75. The Morgan fingerprint density at radius 2 is 2.44 bits per heavy atom. The standard InChI is InChI=1S/C8H12N6O2/c9-4-1-5-14-7(11-12-13-14)3-2-6(10)8(15)16/h6H,1-3,5,10H2,(H,15,16)/t6-/m0/s1. The van der Waals surface area contributed by atoms with E-state index in [1.807, 2.05) is 6.07 Å². The first-order chi connectivity index (χ1) is 7.65. The number of aliphatic carboxylic acids is 1. The predicted octanol–water partition coefficient (Wildman–Crippen LogP) is -1.07. The third-order valence-electron chi connectivity index (χ3n) is 2.04. The molecule has 0 saturated carbocycles. The average Bonchev–Trinajstić information content (AvgIpc) is 2.70. The van der Waals surface area contributed by atoms with Crippen LogP contribution in [-0.4, -0.2) is 37.3 Å². The number of hydrogen-bond acceptors (Lipinski definition) is 6. The van der Waals surface area contributed by atoms with Crippen molar-refractivity contribution in [1.82, 2.24) is 20.2 Å². The molecule has 0 amide bonds.